The molecule has 1 saturated carbocycles. The van der Waals surface area contributed by atoms with Crippen molar-refractivity contribution in [3.63, 3.8) is 0 Å². The summed E-state index contributed by atoms with van der Waals surface area (Å²) in [6.07, 6.45) is 5.96. The number of benzene rings is 1. The molecule has 2 N–H and O–H groups in total. The Kier molecular flexibility index (Phi) is 10.6. The van der Waals surface area contributed by atoms with E-state index in [2.05, 4.69) is 21.6 Å². The van der Waals surface area contributed by atoms with Crippen molar-refractivity contribution in [1.82, 2.24) is 20.4 Å². The number of fused-ring (bicyclic) bond motifs is 1. The fourth-order valence-corrected chi connectivity index (χ4v) is 7.40. The lowest BCUT2D eigenvalue weighted by Gasteiger charge is -2.41. The number of piperidine rings is 2. The maximum atomic E-state index is 13.6. The van der Waals surface area contributed by atoms with Crippen molar-refractivity contribution in [2.45, 2.75) is 135 Å². The number of nitrogens with one attached hydrogen (secondary N) is 2. The second-order valence-electron chi connectivity index (χ2n) is 15.7. The Morgan fingerprint density at radius 3 is 2.21 bits per heavy atom. The minimum Gasteiger partial charge on any atom is -0.444 e. The van der Waals surface area contributed by atoms with E-state index in [1.54, 1.807) is 9.80 Å². The zero-order valence-corrected chi connectivity index (χ0v) is 29.4. The van der Waals surface area contributed by atoms with Crippen LogP contribution >= 0.6 is 0 Å². The SMILES string of the molecule is CC(C)(C)OC(=O)NC1CCC(N(CCC2CCN(C(=O)OC(C)(C)C)CC2)c2cccc3c2CN(C2CCC(=O)NC2=O)C3=O)CC1. The number of imide groups is 1. The number of alkyl carbamates (subject to hydrolysis) is 1. The first-order valence-corrected chi connectivity index (χ1v) is 17.6. The van der Waals surface area contributed by atoms with E-state index in [4.69, 9.17) is 9.47 Å². The fourth-order valence-electron chi connectivity index (χ4n) is 7.40. The molecule has 0 bridgehead atoms. The van der Waals surface area contributed by atoms with Crippen LogP contribution in [0.1, 0.15) is 115 Å². The van der Waals surface area contributed by atoms with Gasteiger partial charge in [-0.3, -0.25) is 19.7 Å². The van der Waals surface area contributed by atoms with Crippen molar-refractivity contribution < 1.29 is 33.4 Å². The number of hydrogen-bond donors (Lipinski definition) is 2. The van der Waals surface area contributed by atoms with Gasteiger partial charge in [0.1, 0.15) is 17.2 Å². The van der Waals surface area contributed by atoms with Gasteiger partial charge in [0.15, 0.2) is 0 Å². The molecule has 5 rings (SSSR count). The Morgan fingerprint density at radius 2 is 1.58 bits per heavy atom. The molecular formula is C36H53N5O7. The summed E-state index contributed by atoms with van der Waals surface area (Å²) in [5, 5.41) is 5.44. The number of amides is 5. The first kappa shape index (κ1) is 35.5. The topological polar surface area (TPSA) is 138 Å². The summed E-state index contributed by atoms with van der Waals surface area (Å²) in [6, 6.07) is 5.39. The second kappa shape index (κ2) is 14.3. The number of carbonyl (C=O) groups excluding carboxylic acids is 5. The maximum Gasteiger partial charge on any atom is 0.410 e. The van der Waals surface area contributed by atoms with E-state index in [-0.39, 0.29) is 36.4 Å². The number of likely N-dealkylation sites (tertiary alicyclic amines) is 1. The van der Waals surface area contributed by atoms with Crippen LogP contribution in [0.15, 0.2) is 18.2 Å². The number of hydrogen-bond acceptors (Lipinski definition) is 8. The lowest BCUT2D eigenvalue weighted by atomic mass is 9.88. The quantitative estimate of drug-likeness (QED) is 0.382. The van der Waals surface area contributed by atoms with Gasteiger partial charge in [-0.05, 0) is 111 Å². The monoisotopic (exact) mass is 667 g/mol. The van der Waals surface area contributed by atoms with E-state index < -0.39 is 29.2 Å². The van der Waals surface area contributed by atoms with Crippen molar-refractivity contribution in [1.29, 1.82) is 0 Å². The molecule has 3 fully saturated rings. The Hall–Kier alpha value is -3.83. The van der Waals surface area contributed by atoms with Crippen LogP contribution in [0.3, 0.4) is 0 Å². The lowest BCUT2D eigenvalue weighted by molar-refractivity contribution is -0.136. The highest BCUT2D eigenvalue weighted by Gasteiger charge is 2.41. The highest BCUT2D eigenvalue weighted by Crippen LogP contribution is 2.38. The summed E-state index contributed by atoms with van der Waals surface area (Å²) in [5.74, 6) is -0.462. The predicted octanol–water partition coefficient (Wildman–Crippen LogP) is 5.13. The molecule has 48 heavy (non-hydrogen) atoms. The normalized spacial score (nSPS) is 23.8. The summed E-state index contributed by atoms with van der Waals surface area (Å²) in [5.41, 5.74) is 1.44. The zero-order chi connectivity index (χ0) is 34.8. The molecule has 0 aromatic heterocycles. The number of ether oxygens (including phenoxy) is 2. The molecule has 3 aliphatic heterocycles. The van der Waals surface area contributed by atoms with E-state index in [1.165, 1.54) is 0 Å². The van der Waals surface area contributed by atoms with Crippen molar-refractivity contribution in [2.24, 2.45) is 5.92 Å². The van der Waals surface area contributed by atoms with Gasteiger partial charge in [-0.2, -0.15) is 0 Å². The lowest BCUT2D eigenvalue weighted by Crippen LogP contribution is -2.52. The summed E-state index contributed by atoms with van der Waals surface area (Å²) in [7, 11) is 0. The van der Waals surface area contributed by atoms with E-state index in [1.807, 2.05) is 53.7 Å². The van der Waals surface area contributed by atoms with Crippen LogP contribution in [-0.4, -0.2) is 88.7 Å². The molecule has 1 unspecified atom stereocenters. The minimum atomic E-state index is -0.673. The minimum absolute atomic E-state index is 0.0289. The van der Waals surface area contributed by atoms with Gasteiger partial charge in [0.05, 0.1) is 0 Å². The largest absolute Gasteiger partial charge is 0.444 e. The molecule has 0 radical (unpaired) electrons. The van der Waals surface area contributed by atoms with Gasteiger partial charge in [0, 0.05) is 61.5 Å². The molecule has 2 saturated heterocycles. The third-order valence-corrected chi connectivity index (χ3v) is 9.77. The van der Waals surface area contributed by atoms with Crippen LogP contribution in [0.2, 0.25) is 0 Å². The van der Waals surface area contributed by atoms with Gasteiger partial charge in [0.25, 0.3) is 5.91 Å². The molecule has 1 aliphatic carbocycles. The van der Waals surface area contributed by atoms with Crippen LogP contribution in [0.25, 0.3) is 0 Å². The van der Waals surface area contributed by atoms with Crippen LogP contribution in [0.4, 0.5) is 15.3 Å². The Balaban J connectivity index is 1.30. The Labute approximate surface area is 284 Å². The van der Waals surface area contributed by atoms with Crippen molar-refractivity contribution >= 4 is 35.6 Å². The molecule has 264 valence electrons. The fraction of sp³-hybridized carbons (Fsp3) is 0.694. The highest BCUT2D eigenvalue weighted by molar-refractivity contribution is 6.06. The predicted molar refractivity (Wildman–Crippen MR) is 180 cm³/mol. The van der Waals surface area contributed by atoms with Gasteiger partial charge < -0.3 is 29.5 Å². The molecule has 12 heteroatoms. The van der Waals surface area contributed by atoms with Gasteiger partial charge >= 0.3 is 12.2 Å². The van der Waals surface area contributed by atoms with Crippen LogP contribution in [0.5, 0.6) is 0 Å². The molecule has 3 heterocycles. The van der Waals surface area contributed by atoms with Crippen molar-refractivity contribution in [3.8, 4) is 0 Å². The van der Waals surface area contributed by atoms with Crippen molar-refractivity contribution in [3.05, 3.63) is 29.3 Å². The summed E-state index contributed by atoms with van der Waals surface area (Å²) in [6.45, 7) is 13.6. The van der Waals surface area contributed by atoms with Crippen LogP contribution in [0, 0.1) is 5.92 Å². The number of rotatable bonds is 7. The Morgan fingerprint density at radius 1 is 0.917 bits per heavy atom. The molecular weight excluding hydrogens is 614 g/mol. The van der Waals surface area contributed by atoms with Crippen LogP contribution in [-0.2, 0) is 25.6 Å². The third-order valence-electron chi connectivity index (χ3n) is 9.77. The van der Waals surface area contributed by atoms with Gasteiger partial charge in [-0.15, -0.1) is 0 Å². The first-order chi connectivity index (χ1) is 22.6. The molecule has 12 nitrogen and oxygen atoms in total. The smallest absolute Gasteiger partial charge is 0.410 e. The van der Waals surface area contributed by atoms with Gasteiger partial charge in [-0.1, -0.05) is 6.07 Å². The van der Waals surface area contributed by atoms with Crippen LogP contribution < -0.4 is 15.5 Å². The standard InChI is InChI=1S/C36H53N5O7/c1-35(2,3)47-33(45)37-24-10-12-25(13-11-24)40(21-18-23-16-19-39(20-17-23)34(46)48-36(4,5)6)28-9-7-8-26-27(28)22-41(32(26)44)29-14-15-30(42)38-31(29)43/h7-9,23-25,29H,10-22H2,1-6H3,(H,37,45)(H,38,42,43). The van der Waals surface area contributed by atoms with E-state index >= 15 is 0 Å². The summed E-state index contributed by atoms with van der Waals surface area (Å²) >= 11 is 0. The summed E-state index contributed by atoms with van der Waals surface area (Å²) in [4.78, 5) is 69.2. The molecule has 5 amide bonds. The molecule has 4 aliphatic rings. The number of carbonyl (C=O) groups is 5. The second-order valence-corrected chi connectivity index (χ2v) is 15.7. The van der Waals surface area contributed by atoms with E-state index in [0.717, 1.165) is 62.7 Å². The first-order valence-electron chi connectivity index (χ1n) is 17.6. The van der Waals surface area contributed by atoms with Gasteiger partial charge in [0.2, 0.25) is 11.8 Å². The number of nitrogens with zero attached hydrogens (tertiary/aromatic N) is 3. The molecule has 1 atom stereocenters. The van der Waals surface area contributed by atoms with E-state index in [9.17, 15) is 24.0 Å². The molecule has 1 aromatic carbocycles. The number of anilines is 1. The molecule has 0 spiro atoms. The summed E-state index contributed by atoms with van der Waals surface area (Å²) < 4.78 is 11.1. The zero-order valence-electron chi connectivity index (χ0n) is 29.4. The molecule has 1 aromatic rings. The maximum absolute atomic E-state index is 13.6. The van der Waals surface area contributed by atoms with Gasteiger partial charge in [-0.25, -0.2) is 9.59 Å². The third kappa shape index (κ3) is 8.79. The average Bonchev–Trinajstić information content (AvgIpc) is 3.33. The Bertz CT molecular complexity index is 1380. The average molecular weight is 668 g/mol. The van der Waals surface area contributed by atoms with Crippen molar-refractivity contribution in [2.75, 3.05) is 24.5 Å². The highest BCUT2D eigenvalue weighted by atomic mass is 16.6. The van der Waals surface area contributed by atoms with E-state index in [0.29, 0.717) is 37.5 Å².